The number of carbonyl (C=O) groups is 1. The van der Waals surface area contributed by atoms with E-state index in [1.165, 1.54) is 31.6 Å². The van der Waals surface area contributed by atoms with Crippen molar-refractivity contribution in [2.75, 3.05) is 0 Å². The first-order valence-electron chi connectivity index (χ1n) is 5.76. The Morgan fingerprint density at radius 1 is 1.43 bits per heavy atom. The van der Waals surface area contributed by atoms with Crippen LogP contribution in [0.3, 0.4) is 0 Å². The summed E-state index contributed by atoms with van der Waals surface area (Å²) in [5, 5.41) is 13.2. The lowest BCUT2D eigenvalue weighted by molar-refractivity contribution is 0.0955. The van der Waals surface area contributed by atoms with E-state index in [2.05, 4.69) is 15.5 Å². The maximum Gasteiger partial charge on any atom is 0.330 e. The van der Waals surface area contributed by atoms with Crippen LogP contribution in [-0.2, 0) is 7.05 Å². The van der Waals surface area contributed by atoms with Crippen LogP contribution in [0.4, 0.5) is 0 Å². The summed E-state index contributed by atoms with van der Waals surface area (Å²) in [7, 11) is 1.28. The summed E-state index contributed by atoms with van der Waals surface area (Å²) in [6.07, 6.45) is 3.84. The molecule has 0 saturated heterocycles. The molecule has 0 aliphatic heterocycles. The van der Waals surface area contributed by atoms with Gasteiger partial charge >= 0.3 is 5.69 Å². The number of hydrogen-bond acceptors (Lipinski definition) is 6. The normalized spacial score (nSPS) is 10.7. The molecule has 0 aliphatic carbocycles. The Morgan fingerprint density at radius 3 is 2.76 bits per heavy atom. The SMILES string of the molecule is Cn1c(O)c(/C=N/NC(=O)c2ccncc2)c(=O)[nH]c1=O. The second kappa shape index (κ2) is 5.82. The Kier molecular flexibility index (Phi) is 3.93. The highest BCUT2D eigenvalue weighted by Gasteiger charge is 2.09. The number of pyridine rings is 1. The molecule has 0 bridgehead atoms. The van der Waals surface area contributed by atoms with Gasteiger partial charge in [0.1, 0.15) is 5.56 Å². The molecule has 0 aromatic carbocycles. The van der Waals surface area contributed by atoms with E-state index in [0.29, 0.717) is 5.56 Å². The monoisotopic (exact) mass is 289 g/mol. The highest BCUT2D eigenvalue weighted by molar-refractivity contribution is 5.94. The molecular formula is C12H11N5O4. The standard InChI is InChI=1S/C12H11N5O4/c1-17-11(20)8(10(19)15-12(17)21)6-14-16-9(18)7-2-4-13-5-3-7/h2-6,20H,1H3,(H,16,18)(H,15,19,21)/b14-6+. The van der Waals surface area contributed by atoms with E-state index in [-0.39, 0.29) is 5.56 Å². The molecule has 0 aliphatic rings. The first-order valence-corrected chi connectivity index (χ1v) is 5.76. The molecule has 1 amide bonds. The number of amides is 1. The third-order valence-electron chi connectivity index (χ3n) is 2.63. The number of aromatic hydroxyl groups is 1. The van der Waals surface area contributed by atoms with Gasteiger partial charge in [0.2, 0.25) is 5.88 Å². The van der Waals surface area contributed by atoms with Crippen molar-refractivity contribution in [1.29, 1.82) is 0 Å². The highest BCUT2D eigenvalue weighted by Crippen LogP contribution is 2.04. The summed E-state index contributed by atoms with van der Waals surface area (Å²) in [4.78, 5) is 40.2. The maximum atomic E-state index is 11.7. The summed E-state index contributed by atoms with van der Waals surface area (Å²) < 4.78 is 0.841. The van der Waals surface area contributed by atoms with Crippen molar-refractivity contribution in [3.63, 3.8) is 0 Å². The molecule has 2 aromatic rings. The van der Waals surface area contributed by atoms with Crippen LogP contribution in [0, 0.1) is 0 Å². The van der Waals surface area contributed by atoms with Crippen LogP contribution in [0.1, 0.15) is 15.9 Å². The van der Waals surface area contributed by atoms with Gasteiger partial charge in [-0.3, -0.25) is 24.1 Å². The molecule has 0 atom stereocenters. The summed E-state index contributed by atoms with van der Waals surface area (Å²) in [6, 6.07) is 2.97. The van der Waals surface area contributed by atoms with E-state index >= 15 is 0 Å². The number of nitrogens with one attached hydrogen (secondary N) is 2. The van der Waals surface area contributed by atoms with E-state index in [1.54, 1.807) is 0 Å². The fourth-order valence-electron chi connectivity index (χ4n) is 1.47. The van der Waals surface area contributed by atoms with Gasteiger partial charge in [-0.15, -0.1) is 0 Å². The number of nitrogens with zero attached hydrogens (tertiary/aromatic N) is 3. The molecule has 0 unspecified atom stereocenters. The topological polar surface area (TPSA) is 129 Å². The molecule has 21 heavy (non-hydrogen) atoms. The Hall–Kier alpha value is -3.23. The minimum Gasteiger partial charge on any atom is -0.494 e. The van der Waals surface area contributed by atoms with Crippen LogP contribution in [0.2, 0.25) is 0 Å². The second-order valence-electron chi connectivity index (χ2n) is 3.99. The molecule has 0 radical (unpaired) electrons. The molecule has 3 N–H and O–H groups in total. The van der Waals surface area contributed by atoms with Crippen LogP contribution in [0.5, 0.6) is 5.88 Å². The number of carbonyl (C=O) groups excluding carboxylic acids is 1. The Labute approximate surface area is 117 Å². The maximum absolute atomic E-state index is 11.7. The zero-order valence-electron chi connectivity index (χ0n) is 10.9. The van der Waals surface area contributed by atoms with Gasteiger partial charge in [-0.05, 0) is 12.1 Å². The smallest absolute Gasteiger partial charge is 0.330 e. The predicted octanol–water partition coefficient (Wildman–Crippen LogP) is -1.06. The summed E-state index contributed by atoms with van der Waals surface area (Å²) in [6.45, 7) is 0. The Balaban J connectivity index is 2.20. The van der Waals surface area contributed by atoms with E-state index < -0.39 is 23.0 Å². The van der Waals surface area contributed by atoms with Crippen LogP contribution in [-0.4, -0.2) is 31.8 Å². The van der Waals surface area contributed by atoms with Gasteiger partial charge in [-0.1, -0.05) is 0 Å². The van der Waals surface area contributed by atoms with Gasteiger partial charge in [-0.25, -0.2) is 10.2 Å². The Bertz CT molecular complexity index is 807. The van der Waals surface area contributed by atoms with Gasteiger partial charge in [-0.2, -0.15) is 5.10 Å². The fraction of sp³-hybridized carbons (Fsp3) is 0.0833. The number of aromatic nitrogens is 3. The highest BCUT2D eigenvalue weighted by atomic mass is 16.3. The molecule has 2 rings (SSSR count). The van der Waals surface area contributed by atoms with Crippen molar-refractivity contribution in [1.82, 2.24) is 20.0 Å². The van der Waals surface area contributed by atoms with E-state index in [4.69, 9.17) is 0 Å². The molecule has 9 nitrogen and oxygen atoms in total. The quantitative estimate of drug-likeness (QED) is 0.490. The van der Waals surface area contributed by atoms with E-state index in [9.17, 15) is 19.5 Å². The van der Waals surface area contributed by atoms with Crippen LogP contribution < -0.4 is 16.7 Å². The van der Waals surface area contributed by atoms with E-state index in [0.717, 1.165) is 10.8 Å². The fourth-order valence-corrected chi connectivity index (χ4v) is 1.47. The number of aromatic amines is 1. The lowest BCUT2D eigenvalue weighted by Gasteiger charge is -2.03. The minimum absolute atomic E-state index is 0.243. The van der Waals surface area contributed by atoms with Crippen molar-refractivity contribution in [3.05, 3.63) is 56.5 Å². The van der Waals surface area contributed by atoms with Gasteiger partial charge in [0, 0.05) is 25.0 Å². The van der Waals surface area contributed by atoms with Gasteiger partial charge in [0.25, 0.3) is 11.5 Å². The molecule has 0 spiro atoms. The third kappa shape index (κ3) is 3.03. The predicted molar refractivity (Wildman–Crippen MR) is 73.3 cm³/mol. The minimum atomic E-state index is -0.808. The van der Waals surface area contributed by atoms with Crippen LogP contribution >= 0.6 is 0 Å². The number of rotatable bonds is 3. The zero-order valence-corrected chi connectivity index (χ0v) is 10.9. The first-order chi connectivity index (χ1) is 10.0. The lowest BCUT2D eigenvalue weighted by atomic mass is 10.3. The van der Waals surface area contributed by atoms with Crippen LogP contribution in [0.25, 0.3) is 0 Å². The Morgan fingerprint density at radius 2 is 2.10 bits per heavy atom. The zero-order chi connectivity index (χ0) is 15.4. The van der Waals surface area contributed by atoms with Gasteiger partial charge in [0.15, 0.2) is 0 Å². The number of hydrazone groups is 1. The summed E-state index contributed by atoms with van der Waals surface area (Å²) in [5.41, 5.74) is 0.716. The molecule has 108 valence electrons. The largest absolute Gasteiger partial charge is 0.494 e. The van der Waals surface area contributed by atoms with Gasteiger partial charge < -0.3 is 5.11 Å². The van der Waals surface area contributed by atoms with Crippen molar-refractivity contribution in [2.24, 2.45) is 12.1 Å². The summed E-state index contributed by atoms with van der Waals surface area (Å²) in [5.74, 6) is -1.06. The van der Waals surface area contributed by atoms with Crippen molar-refractivity contribution in [2.45, 2.75) is 0 Å². The molecule has 2 aromatic heterocycles. The number of hydrogen-bond donors (Lipinski definition) is 3. The van der Waals surface area contributed by atoms with Gasteiger partial charge in [0.05, 0.1) is 6.21 Å². The summed E-state index contributed by atoms with van der Waals surface area (Å²) >= 11 is 0. The average molecular weight is 289 g/mol. The molecule has 0 fully saturated rings. The molecule has 9 heteroatoms. The third-order valence-corrected chi connectivity index (χ3v) is 2.63. The lowest BCUT2D eigenvalue weighted by Crippen LogP contribution is -2.30. The molecule has 2 heterocycles. The van der Waals surface area contributed by atoms with Crippen LogP contribution in [0.15, 0.2) is 39.2 Å². The average Bonchev–Trinajstić information content (AvgIpc) is 2.49. The van der Waals surface area contributed by atoms with E-state index in [1.807, 2.05) is 4.98 Å². The van der Waals surface area contributed by atoms with Crippen molar-refractivity contribution < 1.29 is 9.90 Å². The second-order valence-corrected chi connectivity index (χ2v) is 3.99. The molecular weight excluding hydrogens is 278 g/mol. The molecule has 0 saturated carbocycles. The first kappa shape index (κ1) is 14.2. The van der Waals surface area contributed by atoms with Crippen molar-refractivity contribution in [3.8, 4) is 5.88 Å². The number of H-pyrrole nitrogens is 1. The van der Waals surface area contributed by atoms with Crippen molar-refractivity contribution >= 4 is 12.1 Å².